The van der Waals surface area contributed by atoms with Gasteiger partial charge in [-0.3, -0.25) is 10.1 Å². The Hall–Kier alpha value is -1.15. The van der Waals surface area contributed by atoms with Gasteiger partial charge in [-0.15, -0.1) is 0 Å². The van der Waals surface area contributed by atoms with Gasteiger partial charge in [-0.25, -0.2) is 13.2 Å². The number of carbonyl (C=O) groups is 2. The van der Waals surface area contributed by atoms with Crippen LogP contribution in [0.15, 0.2) is 0 Å². The van der Waals surface area contributed by atoms with E-state index < -0.39 is 28.1 Å². The predicted octanol–water partition coefficient (Wildman–Crippen LogP) is -2.30. The quantitative estimate of drug-likeness (QED) is 0.429. The molecule has 1 fully saturated rings. The van der Waals surface area contributed by atoms with Crippen LogP contribution in [0, 0.1) is 0 Å². The molecule has 0 bridgehead atoms. The Morgan fingerprint density at radius 3 is 2.33 bits per heavy atom. The maximum absolute atomic E-state index is 10.7. The molecule has 1 aliphatic heterocycles. The fourth-order valence-electron chi connectivity index (χ4n) is 0.714. The summed E-state index contributed by atoms with van der Waals surface area (Å²) in [6.07, 6.45) is -0.294. The summed E-state index contributed by atoms with van der Waals surface area (Å²) >= 11 is 0. The Labute approximate surface area is 68.6 Å². The first-order chi connectivity index (χ1) is 5.38. The van der Waals surface area contributed by atoms with Crippen molar-refractivity contribution in [1.82, 2.24) is 15.4 Å². The van der Waals surface area contributed by atoms with E-state index in [0.29, 0.717) is 0 Å². The SMILES string of the molecule is CS(=O)(=O)N[C@H]1NC(=O)NC1=O. The number of amides is 3. The first-order valence-electron chi connectivity index (χ1n) is 2.97. The third-order valence-corrected chi connectivity index (χ3v) is 1.77. The summed E-state index contributed by atoms with van der Waals surface area (Å²) in [6.45, 7) is 0. The number of hydrogen-bond acceptors (Lipinski definition) is 4. The second-order valence-corrected chi connectivity index (χ2v) is 4.07. The second kappa shape index (κ2) is 2.72. The molecule has 1 saturated heterocycles. The molecule has 0 saturated carbocycles. The van der Waals surface area contributed by atoms with E-state index in [1.807, 2.05) is 10.0 Å². The smallest absolute Gasteiger partial charge is 0.313 e. The summed E-state index contributed by atoms with van der Waals surface area (Å²) in [5.74, 6) is -0.703. The summed E-state index contributed by atoms with van der Waals surface area (Å²) in [6, 6.07) is -0.707. The van der Waals surface area contributed by atoms with Crippen molar-refractivity contribution >= 4 is 22.0 Å². The summed E-state index contributed by atoms with van der Waals surface area (Å²) in [4.78, 5) is 21.2. The highest BCUT2D eigenvalue weighted by atomic mass is 32.2. The van der Waals surface area contributed by atoms with Crippen LogP contribution in [0.1, 0.15) is 0 Å². The van der Waals surface area contributed by atoms with Crippen LogP contribution in [0.4, 0.5) is 4.79 Å². The number of sulfonamides is 1. The minimum atomic E-state index is -3.49. The van der Waals surface area contributed by atoms with Gasteiger partial charge in [0.15, 0.2) is 6.17 Å². The van der Waals surface area contributed by atoms with Gasteiger partial charge < -0.3 is 5.32 Å². The van der Waals surface area contributed by atoms with Crippen molar-refractivity contribution < 1.29 is 18.0 Å². The predicted molar refractivity (Wildman–Crippen MR) is 38.4 cm³/mol. The van der Waals surface area contributed by atoms with Gasteiger partial charge >= 0.3 is 6.03 Å². The molecule has 1 atom stereocenters. The average Bonchev–Trinajstić information content (AvgIpc) is 2.06. The normalized spacial score (nSPS) is 23.6. The zero-order valence-electron chi connectivity index (χ0n) is 6.12. The fraction of sp³-hybridized carbons (Fsp3) is 0.500. The van der Waals surface area contributed by atoms with Gasteiger partial charge in [0.1, 0.15) is 0 Å². The zero-order valence-corrected chi connectivity index (χ0v) is 6.94. The lowest BCUT2D eigenvalue weighted by Crippen LogP contribution is -2.45. The molecule has 1 aliphatic rings. The van der Waals surface area contributed by atoms with Gasteiger partial charge in [0.2, 0.25) is 10.0 Å². The highest BCUT2D eigenvalue weighted by molar-refractivity contribution is 7.88. The highest BCUT2D eigenvalue weighted by Crippen LogP contribution is 1.90. The van der Waals surface area contributed by atoms with Crippen LogP contribution in [0.5, 0.6) is 0 Å². The Bertz CT molecular complexity index is 321. The number of nitrogens with one attached hydrogen (secondary N) is 3. The van der Waals surface area contributed by atoms with E-state index in [0.717, 1.165) is 6.26 Å². The number of urea groups is 1. The largest absolute Gasteiger partial charge is 0.323 e. The molecule has 12 heavy (non-hydrogen) atoms. The van der Waals surface area contributed by atoms with Gasteiger partial charge in [0.05, 0.1) is 6.26 Å². The Kier molecular flexibility index (Phi) is 2.02. The molecule has 0 radical (unpaired) electrons. The van der Waals surface area contributed by atoms with Gasteiger partial charge in [0.25, 0.3) is 5.91 Å². The molecular weight excluding hydrogens is 186 g/mol. The molecular formula is C4H7N3O4S. The van der Waals surface area contributed by atoms with Gasteiger partial charge in [0, 0.05) is 0 Å². The second-order valence-electron chi connectivity index (χ2n) is 2.29. The Morgan fingerprint density at radius 1 is 1.42 bits per heavy atom. The molecule has 0 aliphatic carbocycles. The molecule has 68 valence electrons. The van der Waals surface area contributed by atoms with Gasteiger partial charge in [-0.1, -0.05) is 0 Å². The molecule has 0 spiro atoms. The van der Waals surface area contributed by atoms with Crippen molar-refractivity contribution in [2.24, 2.45) is 0 Å². The maximum atomic E-state index is 10.7. The van der Waals surface area contributed by atoms with Crippen LogP contribution in [-0.4, -0.2) is 32.8 Å². The maximum Gasteiger partial charge on any atom is 0.323 e. The van der Waals surface area contributed by atoms with Gasteiger partial charge in [-0.2, -0.15) is 4.72 Å². The van der Waals surface area contributed by atoms with Crippen LogP contribution < -0.4 is 15.4 Å². The summed E-state index contributed by atoms with van der Waals surface area (Å²) in [5.41, 5.74) is 0. The van der Waals surface area contributed by atoms with Gasteiger partial charge in [-0.05, 0) is 0 Å². The first kappa shape index (κ1) is 8.94. The lowest BCUT2D eigenvalue weighted by molar-refractivity contribution is -0.120. The molecule has 0 aromatic carbocycles. The molecule has 0 unspecified atom stereocenters. The third kappa shape index (κ3) is 2.17. The van der Waals surface area contributed by atoms with Crippen molar-refractivity contribution in [3.8, 4) is 0 Å². The summed E-state index contributed by atoms with van der Waals surface area (Å²) in [5, 5.41) is 3.94. The molecule has 3 N–H and O–H groups in total. The molecule has 7 nitrogen and oxygen atoms in total. The summed E-state index contributed by atoms with van der Waals surface area (Å²) in [7, 11) is -3.49. The van der Waals surface area contributed by atoms with Crippen molar-refractivity contribution in [2.75, 3.05) is 6.26 Å². The lowest BCUT2D eigenvalue weighted by Gasteiger charge is -2.06. The monoisotopic (exact) mass is 193 g/mol. The van der Waals surface area contributed by atoms with Crippen LogP contribution >= 0.6 is 0 Å². The number of carbonyl (C=O) groups excluding carboxylic acids is 2. The van der Waals surface area contributed by atoms with Crippen LogP contribution in [0.2, 0.25) is 0 Å². The number of rotatable bonds is 2. The molecule has 1 heterocycles. The average molecular weight is 193 g/mol. The van der Waals surface area contributed by atoms with Crippen molar-refractivity contribution in [3.63, 3.8) is 0 Å². The van der Waals surface area contributed by atoms with E-state index in [4.69, 9.17) is 0 Å². The van der Waals surface area contributed by atoms with E-state index >= 15 is 0 Å². The molecule has 0 aromatic rings. The lowest BCUT2D eigenvalue weighted by atomic mass is 10.5. The van der Waals surface area contributed by atoms with E-state index in [-0.39, 0.29) is 0 Å². The number of hydrogen-bond donors (Lipinski definition) is 3. The Morgan fingerprint density at radius 2 is 2.00 bits per heavy atom. The molecule has 0 aromatic heterocycles. The van der Waals surface area contributed by atoms with E-state index in [2.05, 4.69) is 5.32 Å². The minimum Gasteiger partial charge on any atom is -0.313 e. The van der Waals surface area contributed by atoms with Crippen molar-refractivity contribution in [3.05, 3.63) is 0 Å². The fourth-order valence-corrected chi connectivity index (χ4v) is 1.31. The topological polar surface area (TPSA) is 104 Å². The molecule has 3 amide bonds. The van der Waals surface area contributed by atoms with Crippen LogP contribution in [0.25, 0.3) is 0 Å². The standard InChI is InChI=1S/C4H7N3O4S/c1-12(10,11)7-2-3(8)6-4(9)5-2/h2,7H,1H3,(H2,5,6,8,9)/t2-/m1/s1. The van der Waals surface area contributed by atoms with E-state index in [1.165, 1.54) is 0 Å². The first-order valence-corrected chi connectivity index (χ1v) is 4.86. The van der Waals surface area contributed by atoms with Crippen LogP contribution in [0.3, 0.4) is 0 Å². The molecule has 8 heteroatoms. The summed E-state index contributed by atoms with van der Waals surface area (Å²) < 4.78 is 23.1. The zero-order chi connectivity index (χ0) is 9.35. The van der Waals surface area contributed by atoms with E-state index in [1.54, 1.807) is 0 Å². The van der Waals surface area contributed by atoms with Crippen molar-refractivity contribution in [1.29, 1.82) is 0 Å². The van der Waals surface area contributed by atoms with Crippen molar-refractivity contribution in [2.45, 2.75) is 6.17 Å². The number of imide groups is 1. The van der Waals surface area contributed by atoms with E-state index in [9.17, 15) is 18.0 Å². The molecule has 1 rings (SSSR count). The third-order valence-electron chi connectivity index (χ3n) is 1.11. The van der Waals surface area contributed by atoms with Crippen LogP contribution in [-0.2, 0) is 14.8 Å². The minimum absolute atomic E-state index is 0.703. The highest BCUT2D eigenvalue weighted by Gasteiger charge is 2.31. The Balaban J connectivity index is 2.67.